The zero-order valence-corrected chi connectivity index (χ0v) is 10.4. The Morgan fingerprint density at radius 2 is 1.50 bits per heavy atom. The van der Waals surface area contributed by atoms with Crippen LogP contribution in [-0.4, -0.2) is 13.8 Å². The molecular formula is C14H15OP. The van der Waals surface area contributed by atoms with Crippen molar-refractivity contribution in [2.75, 3.05) is 13.8 Å². The molecule has 0 saturated carbocycles. The Balaban J connectivity index is 2.37. The smallest absolute Gasteiger partial charge is 0.126 e. The second-order valence-corrected chi connectivity index (χ2v) is 5.68. The summed E-state index contributed by atoms with van der Waals surface area (Å²) >= 11 is 0. The Bertz CT molecular complexity index is 453. The highest BCUT2D eigenvalue weighted by atomic mass is 31.1. The summed E-state index contributed by atoms with van der Waals surface area (Å²) < 4.78 is 5.40. The van der Waals surface area contributed by atoms with Gasteiger partial charge >= 0.3 is 0 Å². The lowest BCUT2D eigenvalue weighted by Gasteiger charge is -2.16. The number of rotatable bonds is 3. The summed E-state index contributed by atoms with van der Waals surface area (Å²) in [5.41, 5.74) is 0. The molecule has 2 rings (SSSR count). The van der Waals surface area contributed by atoms with Gasteiger partial charge in [0.1, 0.15) is 5.75 Å². The average Bonchev–Trinajstić information content (AvgIpc) is 2.39. The molecule has 2 heteroatoms. The van der Waals surface area contributed by atoms with Crippen LogP contribution in [0, 0.1) is 0 Å². The monoisotopic (exact) mass is 230 g/mol. The number of methoxy groups -OCH3 is 1. The molecule has 0 aromatic heterocycles. The first-order chi connectivity index (χ1) is 7.83. The van der Waals surface area contributed by atoms with Gasteiger partial charge in [-0.2, -0.15) is 0 Å². The average molecular weight is 230 g/mol. The predicted octanol–water partition coefficient (Wildman–Crippen LogP) is 2.76. The zero-order chi connectivity index (χ0) is 11.4. The van der Waals surface area contributed by atoms with Gasteiger partial charge in [0.2, 0.25) is 0 Å². The lowest BCUT2D eigenvalue weighted by Crippen LogP contribution is -2.12. The van der Waals surface area contributed by atoms with Crippen molar-refractivity contribution < 1.29 is 4.74 Å². The standard InChI is InChI=1S/C14H15OP/c1-15-13-10-6-7-11-14(13)16(2)12-8-4-3-5-9-12/h3-11H,1-2H3/t16-/m1/s1. The van der Waals surface area contributed by atoms with Gasteiger partial charge in [-0.25, -0.2) is 0 Å². The summed E-state index contributed by atoms with van der Waals surface area (Å²) in [7, 11) is 1.41. The maximum absolute atomic E-state index is 5.40. The van der Waals surface area contributed by atoms with Crippen LogP contribution in [0.2, 0.25) is 0 Å². The Hall–Kier alpha value is -1.33. The molecule has 0 aliphatic heterocycles. The predicted molar refractivity (Wildman–Crippen MR) is 71.5 cm³/mol. The molecule has 0 amide bonds. The first kappa shape index (κ1) is 11.2. The fraction of sp³-hybridized carbons (Fsp3) is 0.143. The van der Waals surface area contributed by atoms with Gasteiger partial charge in [-0.05, 0) is 26.0 Å². The molecule has 0 heterocycles. The summed E-state index contributed by atoms with van der Waals surface area (Å²) in [5, 5.41) is 2.67. The van der Waals surface area contributed by atoms with E-state index in [9.17, 15) is 0 Å². The molecule has 1 nitrogen and oxygen atoms in total. The molecule has 16 heavy (non-hydrogen) atoms. The highest BCUT2D eigenvalue weighted by Gasteiger charge is 2.11. The zero-order valence-electron chi connectivity index (χ0n) is 9.55. The van der Waals surface area contributed by atoms with E-state index in [4.69, 9.17) is 4.74 Å². The van der Waals surface area contributed by atoms with Crippen molar-refractivity contribution in [3.63, 3.8) is 0 Å². The van der Waals surface area contributed by atoms with Crippen LogP contribution in [0.3, 0.4) is 0 Å². The van der Waals surface area contributed by atoms with E-state index in [2.05, 4.69) is 49.1 Å². The van der Waals surface area contributed by atoms with Crippen molar-refractivity contribution in [2.24, 2.45) is 0 Å². The largest absolute Gasteiger partial charge is 0.496 e. The molecule has 0 unspecified atom stereocenters. The summed E-state index contributed by atoms with van der Waals surface area (Å²) in [6, 6.07) is 18.8. The van der Waals surface area contributed by atoms with Gasteiger partial charge in [-0.15, -0.1) is 0 Å². The summed E-state index contributed by atoms with van der Waals surface area (Å²) in [6.45, 7) is 2.27. The van der Waals surface area contributed by atoms with E-state index in [-0.39, 0.29) is 7.92 Å². The summed E-state index contributed by atoms with van der Waals surface area (Å²) in [4.78, 5) is 0. The lowest BCUT2D eigenvalue weighted by molar-refractivity contribution is 0.418. The van der Waals surface area contributed by atoms with Crippen LogP contribution in [0.15, 0.2) is 54.6 Å². The minimum absolute atomic E-state index is 0.322. The summed E-state index contributed by atoms with van der Waals surface area (Å²) in [5.74, 6) is 0.986. The van der Waals surface area contributed by atoms with Crippen molar-refractivity contribution in [2.45, 2.75) is 0 Å². The van der Waals surface area contributed by atoms with Gasteiger partial charge in [0, 0.05) is 5.30 Å². The minimum atomic E-state index is -0.322. The molecule has 0 fully saturated rings. The third-order valence-corrected chi connectivity index (χ3v) is 4.75. The van der Waals surface area contributed by atoms with E-state index >= 15 is 0 Å². The highest BCUT2D eigenvalue weighted by molar-refractivity contribution is 7.72. The quantitative estimate of drug-likeness (QED) is 0.737. The Morgan fingerprint density at radius 1 is 0.875 bits per heavy atom. The van der Waals surface area contributed by atoms with E-state index in [0.717, 1.165) is 5.75 Å². The molecule has 0 aliphatic carbocycles. The third-order valence-electron chi connectivity index (χ3n) is 2.59. The topological polar surface area (TPSA) is 9.23 Å². The fourth-order valence-electron chi connectivity index (χ4n) is 1.70. The second kappa shape index (κ2) is 5.14. The number of benzene rings is 2. The fourth-order valence-corrected chi connectivity index (χ4v) is 3.40. The normalized spacial score (nSPS) is 12.1. The van der Waals surface area contributed by atoms with Crippen LogP contribution in [0.25, 0.3) is 0 Å². The molecule has 0 spiro atoms. The van der Waals surface area contributed by atoms with Gasteiger partial charge in [0.25, 0.3) is 0 Å². The lowest BCUT2D eigenvalue weighted by atomic mass is 10.3. The number of ether oxygens (including phenoxy) is 1. The van der Waals surface area contributed by atoms with Gasteiger partial charge < -0.3 is 4.74 Å². The molecule has 1 atom stereocenters. The number of hydrogen-bond acceptors (Lipinski definition) is 1. The van der Waals surface area contributed by atoms with Crippen molar-refractivity contribution in [1.82, 2.24) is 0 Å². The van der Waals surface area contributed by atoms with E-state index in [1.54, 1.807) is 7.11 Å². The van der Waals surface area contributed by atoms with Gasteiger partial charge in [0.15, 0.2) is 0 Å². The van der Waals surface area contributed by atoms with Crippen LogP contribution < -0.4 is 15.3 Å². The first-order valence-electron chi connectivity index (χ1n) is 5.24. The van der Waals surface area contributed by atoms with Crippen LogP contribution in [0.4, 0.5) is 0 Å². The third kappa shape index (κ3) is 2.25. The second-order valence-electron chi connectivity index (χ2n) is 3.57. The maximum atomic E-state index is 5.40. The Morgan fingerprint density at radius 3 is 2.19 bits per heavy atom. The van der Waals surface area contributed by atoms with Crippen molar-refractivity contribution >= 4 is 18.5 Å². The molecule has 0 N–H and O–H groups in total. The van der Waals surface area contributed by atoms with E-state index in [1.165, 1.54) is 10.6 Å². The molecule has 0 radical (unpaired) electrons. The molecule has 82 valence electrons. The van der Waals surface area contributed by atoms with E-state index < -0.39 is 0 Å². The minimum Gasteiger partial charge on any atom is -0.496 e. The molecule has 2 aromatic rings. The van der Waals surface area contributed by atoms with Crippen LogP contribution in [0.5, 0.6) is 5.75 Å². The van der Waals surface area contributed by atoms with Crippen LogP contribution in [-0.2, 0) is 0 Å². The number of para-hydroxylation sites is 1. The number of hydrogen-bond donors (Lipinski definition) is 0. The summed E-state index contributed by atoms with van der Waals surface area (Å²) in [6.07, 6.45) is 0. The Kier molecular flexibility index (Phi) is 3.58. The van der Waals surface area contributed by atoms with Crippen molar-refractivity contribution in [3.05, 3.63) is 54.6 Å². The molecular weight excluding hydrogens is 215 g/mol. The van der Waals surface area contributed by atoms with Crippen molar-refractivity contribution in [1.29, 1.82) is 0 Å². The first-order valence-corrected chi connectivity index (χ1v) is 7.03. The van der Waals surface area contributed by atoms with E-state index in [0.29, 0.717) is 0 Å². The Labute approximate surface area is 97.8 Å². The molecule has 2 aromatic carbocycles. The van der Waals surface area contributed by atoms with Crippen LogP contribution >= 0.6 is 7.92 Å². The van der Waals surface area contributed by atoms with E-state index in [1.807, 2.05) is 12.1 Å². The maximum Gasteiger partial charge on any atom is 0.126 e. The molecule has 0 aliphatic rings. The van der Waals surface area contributed by atoms with Gasteiger partial charge in [0.05, 0.1) is 7.11 Å². The van der Waals surface area contributed by atoms with Crippen molar-refractivity contribution in [3.8, 4) is 5.75 Å². The molecule has 0 bridgehead atoms. The van der Waals surface area contributed by atoms with Gasteiger partial charge in [-0.1, -0.05) is 48.5 Å². The highest BCUT2D eigenvalue weighted by Crippen LogP contribution is 2.32. The molecule has 0 saturated heterocycles. The van der Waals surface area contributed by atoms with Gasteiger partial charge in [-0.3, -0.25) is 0 Å². The van der Waals surface area contributed by atoms with Crippen LogP contribution in [0.1, 0.15) is 0 Å². The SMILES string of the molecule is COc1ccccc1[P@](C)c1ccccc1.